The fourth-order valence-electron chi connectivity index (χ4n) is 1.60. The Balaban J connectivity index is 2.29. The lowest BCUT2D eigenvalue weighted by Gasteiger charge is -2.02. The van der Waals surface area contributed by atoms with Crippen LogP contribution in [0.3, 0.4) is 0 Å². The van der Waals surface area contributed by atoms with E-state index in [0.29, 0.717) is 0 Å². The second kappa shape index (κ2) is 3.36. The van der Waals surface area contributed by atoms with Crippen molar-refractivity contribution in [1.82, 2.24) is 0 Å². The monoisotopic (exact) mass is 176 g/mol. The predicted molar refractivity (Wildman–Crippen MR) is 56.7 cm³/mol. The smallest absolute Gasteiger partial charge is 0.00574 e. The Bertz CT molecular complexity index is 313. The highest BCUT2D eigenvalue weighted by molar-refractivity contribution is 7.80. The van der Waals surface area contributed by atoms with E-state index in [4.69, 9.17) is 0 Å². The molecule has 0 N–H and O–H groups in total. The first-order chi connectivity index (χ1) is 5.90. The summed E-state index contributed by atoms with van der Waals surface area (Å²) in [6, 6.07) is 6.70. The SMILES string of the molecule is SCCc1ccc2c(c1)CC=C2. The van der Waals surface area contributed by atoms with E-state index in [9.17, 15) is 0 Å². The number of thiol groups is 1. The van der Waals surface area contributed by atoms with Crippen molar-refractivity contribution < 1.29 is 0 Å². The maximum absolute atomic E-state index is 4.22. The lowest BCUT2D eigenvalue weighted by molar-refractivity contribution is 1.14. The van der Waals surface area contributed by atoms with Crippen LogP contribution in [-0.2, 0) is 12.8 Å². The molecule has 0 nitrogen and oxygen atoms in total. The highest BCUT2D eigenvalue weighted by atomic mass is 32.1. The number of rotatable bonds is 2. The van der Waals surface area contributed by atoms with Gasteiger partial charge in [-0.15, -0.1) is 0 Å². The fourth-order valence-corrected chi connectivity index (χ4v) is 1.85. The second-order valence-corrected chi connectivity index (χ2v) is 3.56. The van der Waals surface area contributed by atoms with Gasteiger partial charge in [0.15, 0.2) is 0 Å². The zero-order chi connectivity index (χ0) is 8.39. The third-order valence-electron chi connectivity index (χ3n) is 2.24. The van der Waals surface area contributed by atoms with Crippen molar-refractivity contribution in [2.24, 2.45) is 0 Å². The molecule has 1 heteroatoms. The van der Waals surface area contributed by atoms with Crippen molar-refractivity contribution in [1.29, 1.82) is 0 Å². The molecule has 0 saturated carbocycles. The van der Waals surface area contributed by atoms with E-state index in [1.54, 1.807) is 0 Å². The molecule has 0 heterocycles. The minimum atomic E-state index is 0.937. The fraction of sp³-hybridized carbons (Fsp3) is 0.273. The quantitative estimate of drug-likeness (QED) is 0.658. The number of hydrogen-bond acceptors (Lipinski definition) is 1. The Morgan fingerprint density at radius 3 is 3.08 bits per heavy atom. The van der Waals surface area contributed by atoms with Gasteiger partial charge in [-0.25, -0.2) is 0 Å². The molecule has 0 saturated heterocycles. The van der Waals surface area contributed by atoms with Crippen LogP contribution in [0.15, 0.2) is 24.3 Å². The topological polar surface area (TPSA) is 0 Å². The van der Waals surface area contributed by atoms with Crippen molar-refractivity contribution in [2.45, 2.75) is 12.8 Å². The van der Waals surface area contributed by atoms with Crippen LogP contribution >= 0.6 is 12.6 Å². The zero-order valence-electron chi connectivity index (χ0n) is 6.96. The van der Waals surface area contributed by atoms with Crippen LogP contribution in [0.25, 0.3) is 6.08 Å². The van der Waals surface area contributed by atoms with Gasteiger partial charge in [0.2, 0.25) is 0 Å². The highest BCUT2D eigenvalue weighted by Crippen LogP contribution is 2.20. The maximum Gasteiger partial charge on any atom is -0.00574 e. The van der Waals surface area contributed by atoms with Gasteiger partial charge in [0.1, 0.15) is 0 Å². The van der Waals surface area contributed by atoms with Gasteiger partial charge in [-0.05, 0) is 35.3 Å². The zero-order valence-corrected chi connectivity index (χ0v) is 7.85. The first-order valence-corrected chi connectivity index (χ1v) is 4.92. The average molecular weight is 176 g/mol. The Morgan fingerprint density at radius 2 is 2.25 bits per heavy atom. The summed E-state index contributed by atoms with van der Waals surface area (Å²) in [5.41, 5.74) is 4.26. The number of aryl methyl sites for hydroxylation is 1. The Morgan fingerprint density at radius 1 is 1.33 bits per heavy atom. The molecule has 0 amide bonds. The van der Waals surface area contributed by atoms with Crippen molar-refractivity contribution >= 4 is 18.7 Å². The van der Waals surface area contributed by atoms with Crippen LogP contribution in [0.2, 0.25) is 0 Å². The third-order valence-corrected chi connectivity index (χ3v) is 2.47. The van der Waals surface area contributed by atoms with Crippen molar-refractivity contribution in [3.63, 3.8) is 0 Å². The Labute approximate surface area is 78.7 Å². The van der Waals surface area contributed by atoms with Gasteiger partial charge in [-0.2, -0.15) is 12.6 Å². The standard InChI is InChI=1S/C11H12S/c12-7-6-9-4-5-10-2-1-3-11(10)8-9/h1-2,4-5,8,12H,3,6-7H2. The van der Waals surface area contributed by atoms with Gasteiger partial charge >= 0.3 is 0 Å². The highest BCUT2D eigenvalue weighted by Gasteiger charge is 2.04. The molecule has 2 rings (SSSR count). The van der Waals surface area contributed by atoms with Gasteiger partial charge in [-0.3, -0.25) is 0 Å². The molecule has 12 heavy (non-hydrogen) atoms. The van der Waals surface area contributed by atoms with E-state index < -0.39 is 0 Å². The summed E-state index contributed by atoms with van der Waals surface area (Å²) < 4.78 is 0. The van der Waals surface area contributed by atoms with Crippen LogP contribution in [-0.4, -0.2) is 5.75 Å². The van der Waals surface area contributed by atoms with Gasteiger partial charge < -0.3 is 0 Å². The van der Waals surface area contributed by atoms with E-state index in [0.717, 1.165) is 18.6 Å². The molecule has 0 spiro atoms. The molecule has 0 aliphatic heterocycles. The van der Waals surface area contributed by atoms with Crippen LogP contribution < -0.4 is 0 Å². The summed E-state index contributed by atoms with van der Waals surface area (Å²) in [4.78, 5) is 0. The van der Waals surface area contributed by atoms with Gasteiger partial charge in [-0.1, -0.05) is 30.4 Å². The van der Waals surface area contributed by atoms with Crippen LogP contribution in [0.4, 0.5) is 0 Å². The first-order valence-electron chi connectivity index (χ1n) is 4.29. The number of benzene rings is 1. The van der Waals surface area contributed by atoms with E-state index in [2.05, 4.69) is 43.0 Å². The number of allylic oxidation sites excluding steroid dienone is 1. The van der Waals surface area contributed by atoms with Gasteiger partial charge in [0.25, 0.3) is 0 Å². The molecular formula is C11H12S. The molecule has 0 bridgehead atoms. The second-order valence-electron chi connectivity index (χ2n) is 3.11. The van der Waals surface area contributed by atoms with Crippen LogP contribution in [0.1, 0.15) is 16.7 Å². The van der Waals surface area contributed by atoms with Gasteiger partial charge in [0.05, 0.1) is 0 Å². The minimum absolute atomic E-state index is 0.937. The first kappa shape index (κ1) is 7.93. The molecule has 1 aromatic carbocycles. The van der Waals surface area contributed by atoms with E-state index in [1.165, 1.54) is 16.7 Å². The van der Waals surface area contributed by atoms with Crippen LogP contribution in [0.5, 0.6) is 0 Å². The lowest BCUT2D eigenvalue weighted by Crippen LogP contribution is -1.89. The molecule has 0 unspecified atom stereocenters. The molecule has 62 valence electrons. The van der Waals surface area contributed by atoms with E-state index >= 15 is 0 Å². The maximum atomic E-state index is 4.22. The average Bonchev–Trinajstić information content (AvgIpc) is 2.51. The third kappa shape index (κ3) is 1.42. The molecular weight excluding hydrogens is 164 g/mol. The molecule has 1 aliphatic rings. The minimum Gasteiger partial charge on any atom is -0.179 e. The summed E-state index contributed by atoms with van der Waals surface area (Å²) >= 11 is 4.22. The molecule has 1 aromatic rings. The summed E-state index contributed by atoms with van der Waals surface area (Å²) in [6.07, 6.45) is 6.60. The molecule has 0 atom stereocenters. The number of hydrogen-bond donors (Lipinski definition) is 1. The summed E-state index contributed by atoms with van der Waals surface area (Å²) in [6.45, 7) is 0. The van der Waals surface area contributed by atoms with Crippen molar-refractivity contribution in [3.8, 4) is 0 Å². The van der Waals surface area contributed by atoms with Crippen molar-refractivity contribution in [3.05, 3.63) is 41.0 Å². The van der Waals surface area contributed by atoms with E-state index in [-0.39, 0.29) is 0 Å². The number of fused-ring (bicyclic) bond motifs is 1. The Hall–Kier alpha value is -0.690. The van der Waals surface area contributed by atoms with Crippen LogP contribution in [0, 0.1) is 0 Å². The normalized spacial score (nSPS) is 13.4. The predicted octanol–water partition coefficient (Wildman–Crippen LogP) is 2.73. The van der Waals surface area contributed by atoms with E-state index in [1.807, 2.05) is 0 Å². The molecule has 0 radical (unpaired) electrons. The summed E-state index contributed by atoms with van der Waals surface area (Å²) in [7, 11) is 0. The Kier molecular flexibility index (Phi) is 2.22. The van der Waals surface area contributed by atoms with Crippen molar-refractivity contribution in [2.75, 3.05) is 5.75 Å². The largest absolute Gasteiger partial charge is 0.179 e. The molecule has 1 aliphatic carbocycles. The summed E-state index contributed by atoms with van der Waals surface area (Å²) in [5.74, 6) is 0.937. The molecule has 0 fully saturated rings. The summed E-state index contributed by atoms with van der Waals surface area (Å²) in [5, 5.41) is 0. The lowest BCUT2D eigenvalue weighted by atomic mass is 10.0. The molecule has 0 aromatic heterocycles. The van der Waals surface area contributed by atoms with Gasteiger partial charge in [0, 0.05) is 0 Å².